The van der Waals surface area contributed by atoms with Crippen LogP contribution in [-0.2, 0) is 11.4 Å². The van der Waals surface area contributed by atoms with Crippen LogP contribution >= 0.6 is 23.2 Å². The van der Waals surface area contributed by atoms with Crippen LogP contribution in [-0.4, -0.2) is 22.4 Å². The molecule has 1 aliphatic rings. The van der Waals surface area contributed by atoms with Gasteiger partial charge >= 0.3 is 0 Å². The van der Waals surface area contributed by atoms with Crippen LogP contribution in [0.15, 0.2) is 66.3 Å². The number of halogens is 2. The zero-order valence-corrected chi connectivity index (χ0v) is 16.9. The van der Waals surface area contributed by atoms with Gasteiger partial charge in [-0.3, -0.25) is 4.98 Å². The van der Waals surface area contributed by atoms with Gasteiger partial charge in [0.1, 0.15) is 37.1 Å². The number of imidazole rings is 1. The highest BCUT2D eigenvalue weighted by molar-refractivity contribution is 6.35. The van der Waals surface area contributed by atoms with Crippen LogP contribution in [0.2, 0.25) is 10.0 Å². The van der Waals surface area contributed by atoms with Gasteiger partial charge in [0, 0.05) is 21.2 Å². The van der Waals surface area contributed by atoms with Crippen molar-refractivity contribution in [2.45, 2.75) is 12.6 Å². The predicted octanol–water partition coefficient (Wildman–Crippen LogP) is 3.92. The largest absolute Gasteiger partial charge is 0.488 e. The van der Waals surface area contributed by atoms with E-state index >= 15 is 0 Å². The molecule has 11 heteroatoms. The summed E-state index contributed by atoms with van der Waals surface area (Å²) in [6, 6.07) is 13.0. The number of hydrogen-bond donors (Lipinski definition) is 1. The number of hydrogen-bond acceptors (Lipinski definition) is 6. The van der Waals surface area contributed by atoms with Gasteiger partial charge < -0.3 is 24.9 Å². The minimum absolute atomic E-state index is 0.0863. The van der Waals surface area contributed by atoms with E-state index in [-0.39, 0.29) is 12.6 Å². The highest BCUT2D eigenvalue weighted by Gasteiger charge is 2.32. The van der Waals surface area contributed by atoms with Gasteiger partial charge in [-0.2, -0.15) is 0 Å². The van der Waals surface area contributed by atoms with Crippen molar-refractivity contribution in [1.29, 1.82) is 0 Å². The van der Waals surface area contributed by atoms with Crippen molar-refractivity contribution >= 4 is 28.9 Å². The van der Waals surface area contributed by atoms with Crippen molar-refractivity contribution in [3.05, 3.63) is 97.7 Å². The fourth-order valence-electron chi connectivity index (χ4n) is 2.87. The molecule has 156 valence electrons. The molecule has 30 heavy (non-hydrogen) atoms. The summed E-state index contributed by atoms with van der Waals surface area (Å²) in [6.07, 6.45) is 5.66. The number of ether oxygens (including phenoxy) is 1. The summed E-state index contributed by atoms with van der Waals surface area (Å²) in [7, 11) is 0. The average molecular weight is 451 g/mol. The van der Waals surface area contributed by atoms with Crippen LogP contribution in [0.3, 0.4) is 0 Å². The number of oxime groups is 1. The molecule has 4 rings (SSSR count). The predicted molar refractivity (Wildman–Crippen MR) is 110 cm³/mol. The lowest BCUT2D eigenvalue weighted by molar-refractivity contribution is -0.706. The Morgan fingerprint density at radius 2 is 2.03 bits per heavy atom. The number of para-hydroxylation sites is 1. The Kier molecular flexibility index (Phi) is 7.10. The van der Waals surface area contributed by atoms with Gasteiger partial charge in [0.15, 0.2) is 6.04 Å². The summed E-state index contributed by atoms with van der Waals surface area (Å²) in [6.45, 7) is 0.733. The molecule has 1 atom stereocenters. The number of benzene rings is 2. The summed E-state index contributed by atoms with van der Waals surface area (Å²) >= 11 is 12.1. The van der Waals surface area contributed by atoms with Gasteiger partial charge in [0.25, 0.3) is 0 Å². The maximum atomic E-state index is 8.25. The molecule has 1 aliphatic heterocycles. The van der Waals surface area contributed by atoms with Crippen LogP contribution < -0.4 is 9.30 Å². The molecule has 2 aromatic carbocycles. The molecular formula is C19H16Cl2N4O5. The van der Waals surface area contributed by atoms with E-state index in [2.05, 4.69) is 10.1 Å². The molecule has 1 aromatic heterocycles. The smallest absolute Gasteiger partial charge is 0.242 e. The minimum Gasteiger partial charge on any atom is -0.488 e. The lowest BCUT2D eigenvalue weighted by Gasteiger charge is -2.24. The van der Waals surface area contributed by atoms with Gasteiger partial charge in [0.2, 0.25) is 6.33 Å². The van der Waals surface area contributed by atoms with Crippen LogP contribution in [0.25, 0.3) is 0 Å². The summed E-state index contributed by atoms with van der Waals surface area (Å²) in [5, 5.41) is 20.3. The van der Waals surface area contributed by atoms with Crippen molar-refractivity contribution in [2.75, 3.05) is 6.61 Å². The van der Waals surface area contributed by atoms with Crippen molar-refractivity contribution in [3.63, 3.8) is 0 Å². The van der Waals surface area contributed by atoms with Crippen LogP contribution in [0.1, 0.15) is 17.2 Å². The van der Waals surface area contributed by atoms with E-state index < -0.39 is 5.09 Å². The van der Waals surface area contributed by atoms with E-state index in [4.69, 9.17) is 48.1 Å². The van der Waals surface area contributed by atoms with Crippen LogP contribution in [0, 0.1) is 15.3 Å². The number of aromatic amines is 1. The third-order valence-corrected chi connectivity index (χ3v) is 4.79. The SMILES string of the molecule is Clc1ccc(CO/N=C2/c3ccccc3OCC2[n+]2cc[nH]c2)c(Cl)c1.O=[N+]([O-])[O-]. The second-order valence-corrected chi connectivity index (χ2v) is 6.93. The van der Waals surface area contributed by atoms with Crippen LogP contribution in [0.5, 0.6) is 5.75 Å². The van der Waals surface area contributed by atoms with Gasteiger partial charge in [-0.25, -0.2) is 4.57 Å². The number of nitrogens with zero attached hydrogens (tertiary/aromatic N) is 3. The average Bonchev–Trinajstić information content (AvgIpc) is 3.24. The fourth-order valence-corrected chi connectivity index (χ4v) is 3.34. The monoisotopic (exact) mass is 450 g/mol. The molecule has 1 N–H and O–H groups in total. The third-order valence-electron chi connectivity index (χ3n) is 4.20. The summed E-state index contributed by atoms with van der Waals surface area (Å²) < 4.78 is 7.89. The zero-order chi connectivity index (χ0) is 21.5. The highest BCUT2D eigenvalue weighted by atomic mass is 35.5. The lowest BCUT2D eigenvalue weighted by atomic mass is 10.00. The standard InChI is InChI=1S/C19H15Cl2N3O2.NO3/c20-14-6-5-13(16(21)9-14)10-26-23-19-15-3-1-2-4-18(15)25-11-17(19)24-8-7-22-12-24;2-1(3)4/h1-9,12,17H,10-11H2;/q;-1/p+1/b23-19-;. The quantitative estimate of drug-likeness (QED) is 0.367. The van der Waals surface area contributed by atoms with E-state index in [0.29, 0.717) is 16.7 Å². The normalized spacial score (nSPS) is 16.1. The van der Waals surface area contributed by atoms with E-state index in [9.17, 15) is 0 Å². The maximum absolute atomic E-state index is 8.25. The number of H-pyrrole nitrogens is 1. The Labute approximate surface area is 181 Å². The molecule has 0 aliphatic carbocycles. The number of rotatable bonds is 4. The third kappa shape index (κ3) is 5.40. The Bertz CT molecular complexity index is 1040. The molecule has 9 nitrogen and oxygen atoms in total. The topological polar surface area (TPSA) is 117 Å². The van der Waals surface area contributed by atoms with Gasteiger partial charge in [-0.05, 0) is 24.3 Å². The highest BCUT2D eigenvalue weighted by Crippen LogP contribution is 2.28. The Morgan fingerprint density at radius 1 is 1.27 bits per heavy atom. The molecule has 0 saturated carbocycles. The Hall–Kier alpha value is -3.30. The number of nitrogens with one attached hydrogen (secondary N) is 1. The Balaban J connectivity index is 0.000000589. The molecule has 0 radical (unpaired) electrons. The van der Waals surface area contributed by atoms with Crippen molar-refractivity contribution in [3.8, 4) is 5.75 Å². The van der Waals surface area contributed by atoms with E-state index in [0.717, 1.165) is 22.6 Å². The van der Waals surface area contributed by atoms with Crippen molar-refractivity contribution < 1.29 is 19.2 Å². The molecule has 0 fully saturated rings. The van der Waals surface area contributed by atoms with E-state index in [1.807, 2.05) is 53.6 Å². The van der Waals surface area contributed by atoms with Crippen LogP contribution in [0.4, 0.5) is 0 Å². The second kappa shape index (κ2) is 9.95. The number of fused-ring (bicyclic) bond motifs is 1. The van der Waals surface area contributed by atoms with Crippen molar-refractivity contribution in [2.24, 2.45) is 5.16 Å². The molecule has 0 spiro atoms. The fraction of sp³-hybridized carbons (Fsp3) is 0.158. The molecule has 0 bridgehead atoms. The number of aromatic nitrogens is 2. The molecule has 1 unspecified atom stereocenters. The molecule has 3 aromatic rings. The van der Waals surface area contributed by atoms with Gasteiger partial charge in [-0.1, -0.05) is 46.6 Å². The Morgan fingerprint density at radius 3 is 2.73 bits per heavy atom. The first-order valence-corrected chi connectivity index (χ1v) is 9.42. The summed E-state index contributed by atoms with van der Waals surface area (Å²) in [5.41, 5.74) is 2.55. The second-order valence-electron chi connectivity index (χ2n) is 6.09. The summed E-state index contributed by atoms with van der Waals surface area (Å²) in [5.74, 6) is 0.798. The van der Waals surface area contributed by atoms with Gasteiger partial charge in [0.05, 0.1) is 5.09 Å². The molecular weight excluding hydrogens is 435 g/mol. The minimum atomic E-state index is -1.75. The first kappa shape index (κ1) is 21.4. The molecule has 2 heterocycles. The zero-order valence-electron chi connectivity index (χ0n) is 15.4. The maximum Gasteiger partial charge on any atom is 0.242 e. The lowest BCUT2D eigenvalue weighted by Crippen LogP contribution is -2.48. The van der Waals surface area contributed by atoms with Crippen molar-refractivity contribution in [1.82, 2.24) is 4.98 Å². The van der Waals surface area contributed by atoms with E-state index in [1.165, 1.54) is 0 Å². The van der Waals surface area contributed by atoms with E-state index in [1.54, 1.807) is 12.1 Å². The first-order valence-electron chi connectivity index (χ1n) is 8.66. The molecule has 0 saturated heterocycles. The molecule has 0 amide bonds. The van der Waals surface area contributed by atoms with Gasteiger partial charge in [-0.15, -0.1) is 0 Å². The first-order chi connectivity index (χ1) is 14.5. The summed E-state index contributed by atoms with van der Waals surface area (Å²) in [4.78, 5) is 16.9.